The summed E-state index contributed by atoms with van der Waals surface area (Å²) in [6.45, 7) is 5.46. The highest BCUT2D eigenvalue weighted by Crippen LogP contribution is 2.24. The highest BCUT2D eigenvalue weighted by Gasteiger charge is 2.28. The molecule has 4 rings (SSSR count). The molecule has 2 aromatic rings. The minimum absolute atomic E-state index is 0.159. The zero-order valence-electron chi connectivity index (χ0n) is 12.8. The van der Waals surface area contributed by atoms with Crippen LogP contribution < -0.4 is 0 Å². The molecule has 2 fully saturated rings. The van der Waals surface area contributed by atoms with Gasteiger partial charge in [0.1, 0.15) is 5.82 Å². The van der Waals surface area contributed by atoms with Crippen LogP contribution in [0.15, 0.2) is 30.5 Å². The monoisotopic (exact) mass is 299 g/mol. The Balaban J connectivity index is 1.60. The van der Waals surface area contributed by atoms with Crippen LogP contribution in [0.5, 0.6) is 0 Å². The van der Waals surface area contributed by atoms with Crippen molar-refractivity contribution in [2.45, 2.75) is 31.8 Å². The molecule has 0 amide bonds. The van der Waals surface area contributed by atoms with Crippen molar-refractivity contribution in [3.63, 3.8) is 0 Å². The van der Waals surface area contributed by atoms with Gasteiger partial charge in [0, 0.05) is 30.7 Å². The molecule has 4 heteroatoms. The van der Waals surface area contributed by atoms with Gasteiger partial charge in [-0.1, -0.05) is 6.07 Å². The van der Waals surface area contributed by atoms with Crippen LogP contribution in [-0.4, -0.2) is 47.0 Å². The Morgan fingerprint density at radius 1 is 1.18 bits per heavy atom. The van der Waals surface area contributed by atoms with E-state index in [0.29, 0.717) is 6.04 Å². The lowest BCUT2D eigenvalue weighted by atomic mass is 10.1. The van der Waals surface area contributed by atoms with E-state index in [0.717, 1.165) is 36.1 Å². The number of halogens is 1. The topological polar surface area (TPSA) is 19.4 Å². The van der Waals surface area contributed by atoms with Crippen molar-refractivity contribution < 1.29 is 4.39 Å². The van der Waals surface area contributed by atoms with E-state index in [1.807, 2.05) is 12.1 Å². The third-order valence-corrected chi connectivity index (χ3v) is 5.03. The minimum Gasteiger partial charge on any atom is -0.299 e. The largest absolute Gasteiger partial charge is 0.299 e. The molecule has 2 saturated heterocycles. The predicted molar refractivity (Wildman–Crippen MR) is 86.2 cm³/mol. The average molecular weight is 299 g/mol. The van der Waals surface area contributed by atoms with Crippen LogP contribution in [0.3, 0.4) is 0 Å². The van der Waals surface area contributed by atoms with Gasteiger partial charge >= 0.3 is 0 Å². The van der Waals surface area contributed by atoms with Crippen LogP contribution in [0.2, 0.25) is 0 Å². The van der Waals surface area contributed by atoms with Crippen molar-refractivity contribution in [1.29, 1.82) is 0 Å². The molecule has 1 aromatic heterocycles. The second-order valence-corrected chi connectivity index (χ2v) is 6.56. The van der Waals surface area contributed by atoms with E-state index < -0.39 is 0 Å². The van der Waals surface area contributed by atoms with E-state index in [1.54, 1.807) is 18.3 Å². The molecule has 0 N–H and O–H groups in total. The van der Waals surface area contributed by atoms with E-state index >= 15 is 0 Å². The van der Waals surface area contributed by atoms with Gasteiger partial charge in [0.15, 0.2) is 0 Å². The lowest BCUT2D eigenvalue weighted by Gasteiger charge is -2.25. The van der Waals surface area contributed by atoms with Crippen molar-refractivity contribution in [2.24, 2.45) is 0 Å². The fourth-order valence-electron chi connectivity index (χ4n) is 4.02. The van der Waals surface area contributed by atoms with Crippen LogP contribution in [0.1, 0.15) is 24.8 Å². The Morgan fingerprint density at radius 3 is 3.05 bits per heavy atom. The molecule has 0 spiro atoms. The van der Waals surface area contributed by atoms with Gasteiger partial charge in [0.2, 0.25) is 0 Å². The first-order valence-corrected chi connectivity index (χ1v) is 8.29. The number of nitrogens with zero attached hydrogens (tertiary/aromatic N) is 3. The lowest BCUT2D eigenvalue weighted by molar-refractivity contribution is 0.216. The Morgan fingerprint density at radius 2 is 2.09 bits per heavy atom. The summed E-state index contributed by atoms with van der Waals surface area (Å²) in [7, 11) is 0. The van der Waals surface area contributed by atoms with Gasteiger partial charge in [-0.2, -0.15) is 0 Å². The van der Waals surface area contributed by atoms with Crippen molar-refractivity contribution in [1.82, 2.24) is 14.8 Å². The first-order chi connectivity index (χ1) is 10.8. The fourth-order valence-corrected chi connectivity index (χ4v) is 4.02. The highest BCUT2D eigenvalue weighted by atomic mass is 19.1. The van der Waals surface area contributed by atoms with Crippen LogP contribution >= 0.6 is 0 Å². The molecule has 0 aliphatic carbocycles. The zero-order chi connectivity index (χ0) is 14.9. The van der Waals surface area contributed by atoms with Crippen molar-refractivity contribution >= 4 is 10.9 Å². The predicted octanol–water partition coefficient (Wildman–Crippen LogP) is 3.04. The van der Waals surface area contributed by atoms with Gasteiger partial charge in [-0.25, -0.2) is 4.39 Å². The molecule has 0 saturated carbocycles. The van der Waals surface area contributed by atoms with Crippen LogP contribution in [-0.2, 0) is 6.54 Å². The summed E-state index contributed by atoms with van der Waals surface area (Å²) in [6.07, 6.45) is 5.63. The molecule has 22 heavy (non-hydrogen) atoms. The second-order valence-electron chi connectivity index (χ2n) is 6.56. The number of aromatic nitrogens is 1. The maximum absolute atomic E-state index is 13.9. The first kappa shape index (κ1) is 14.1. The third-order valence-electron chi connectivity index (χ3n) is 5.03. The second kappa shape index (κ2) is 5.94. The van der Waals surface area contributed by atoms with Gasteiger partial charge in [0.25, 0.3) is 0 Å². The molecule has 0 bridgehead atoms. The van der Waals surface area contributed by atoms with E-state index in [4.69, 9.17) is 0 Å². The van der Waals surface area contributed by atoms with Crippen LogP contribution in [0.25, 0.3) is 10.9 Å². The quantitative estimate of drug-likeness (QED) is 0.849. The maximum atomic E-state index is 13.9. The molecule has 3 nitrogen and oxygen atoms in total. The molecule has 1 aromatic carbocycles. The number of rotatable bonds is 2. The summed E-state index contributed by atoms with van der Waals surface area (Å²) in [6, 6.07) is 7.74. The number of hydrogen-bond acceptors (Lipinski definition) is 3. The third kappa shape index (κ3) is 2.73. The SMILES string of the molecule is Fc1cc(CN2CCCN3CCC[C@@H]3C2)c2ncccc2c1. The number of benzene rings is 1. The average Bonchev–Trinajstić information content (AvgIpc) is 2.86. The Bertz CT molecular complexity index is 672. The summed E-state index contributed by atoms with van der Waals surface area (Å²) >= 11 is 0. The molecule has 0 radical (unpaired) electrons. The van der Waals surface area contributed by atoms with Crippen molar-refractivity contribution in [2.75, 3.05) is 26.2 Å². The standard InChI is InChI=1S/C18H22FN3/c19-16-10-14-4-1-6-20-18(14)15(11-16)12-21-7-3-9-22-8-2-5-17(22)13-21/h1,4,6,10-11,17H,2-3,5,7-9,12-13H2/t17-/m1/s1. The Kier molecular flexibility index (Phi) is 3.80. The van der Waals surface area contributed by atoms with E-state index in [-0.39, 0.29) is 5.82 Å². The van der Waals surface area contributed by atoms with Gasteiger partial charge in [-0.3, -0.25) is 14.8 Å². The summed E-state index contributed by atoms with van der Waals surface area (Å²) in [5.74, 6) is -0.159. The van der Waals surface area contributed by atoms with Crippen molar-refractivity contribution in [3.8, 4) is 0 Å². The Hall–Kier alpha value is -1.52. The zero-order valence-corrected chi connectivity index (χ0v) is 12.8. The lowest BCUT2D eigenvalue weighted by Crippen LogP contribution is -2.36. The molecule has 2 aliphatic heterocycles. The highest BCUT2D eigenvalue weighted by molar-refractivity contribution is 5.81. The van der Waals surface area contributed by atoms with E-state index in [9.17, 15) is 4.39 Å². The van der Waals surface area contributed by atoms with E-state index in [1.165, 1.54) is 32.4 Å². The number of pyridine rings is 1. The molecular weight excluding hydrogens is 277 g/mol. The number of hydrogen-bond donors (Lipinski definition) is 0. The molecule has 2 aliphatic rings. The first-order valence-electron chi connectivity index (χ1n) is 8.29. The van der Waals surface area contributed by atoms with Gasteiger partial charge in [-0.15, -0.1) is 0 Å². The van der Waals surface area contributed by atoms with Gasteiger partial charge in [-0.05, 0) is 62.7 Å². The molecular formula is C18H22FN3. The van der Waals surface area contributed by atoms with Crippen LogP contribution in [0, 0.1) is 5.82 Å². The summed E-state index contributed by atoms with van der Waals surface area (Å²) in [5, 5.41) is 0.898. The number of fused-ring (bicyclic) bond motifs is 2. The molecule has 0 unspecified atom stereocenters. The van der Waals surface area contributed by atoms with Crippen molar-refractivity contribution in [3.05, 3.63) is 41.8 Å². The fraction of sp³-hybridized carbons (Fsp3) is 0.500. The molecule has 3 heterocycles. The maximum Gasteiger partial charge on any atom is 0.124 e. The van der Waals surface area contributed by atoms with Gasteiger partial charge in [0.05, 0.1) is 5.52 Å². The van der Waals surface area contributed by atoms with Crippen LogP contribution in [0.4, 0.5) is 4.39 Å². The summed E-state index contributed by atoms with van der Waals surface area (Å²) in [4.78, 5) is 9.59. The van der Waals surface area contributed by atoms with Gasteiger partial charge < -0.3 is 0 Å². The van der Waals surface area contributed by atoms with E-state index in [2.05, 4.69) is 14.8 Å². The summed E-state index contributed by atoms with van der Waals surface area (Å²) < 4.78 is 13.9. The normalized spacial score (nSPS) is 23.6. The smallest absolute Gasteiger partial charge is 0.124 e. The minimum atomic E-state index is -0.159. The summed E-state index contributed by atoms with van der Waals surface area (Å²) in [5.41, 5.74) is 1.96. The molecule has 1 atom stereocenters. The molecule has 116 valence electrons. The Labute approximate surface area is 130 Å².